The molecule has 8 heteroatoms. The average Bonchev–Trinajstić information content (AvgIpc) is 2.48. The molecule has 0 aliphatic rings. The van der Waals surface area contributed by atoms with Crippen molar-refractivity contribution in [3.8, 4) is 0 Å². The van der Waals surface area contributed by atoms with E-state index in [0.29, 0.717) is 25.7 Å². The molecule has 0 bridgehead atoms. The zero-order chi connectivity index (χ0) is 16.3. The molecular weight excluding hydrogens is 304 g/mol. The molecule has 0 unspecified atom stereocenters. The molecular formula is C14H24N4O3S. The molecule has 0 aliphatic heterocycles. The number of guanidine groups is 1. The van der Waals surface area contributed by atoms with Gasteiger partial charge in [0, 0.05) is 25.5 Å². The molecule has 0 amide bonds. The van der Waals surface area contributed by atoms with Crippen LogP contribution in [0.5, 0.6) is 0 Å². The Kier molecular flexibility index (Phi) is 8.46. The molecule has 7 nitrogen and oxygen atoms in total. The minimum Gasteiger partial charge on any atom is -0.379 e. The van der Waals surface area contributed by atoms with Crippen LogP contribution in [0.25, 0.3) is 0 Å². The van der Waals surface area contributed by atoms with Crippen LogP contribution in [0.4, 0.5) is 0 Å². The third kappa shape index (κ3) is 9.30. The van der Waals surface area contributed by atoms with Gasteiger partial charge in [0.2, 0.25) is 0 Å². The molecule has 0 spiro atoms. The topological polar surface area (TPSA) is 92.7 Å². The van der Waals surface area contributed by atoms with Crippen LogP contribution in [0, 0.1) is 0 Å². The van der Waals surface area contributed by atoms with Gasteiger partial charge in [0.1, 0.15) is 9.84 Å². The molecule has 0 atom stereocenters. The fourth-order valence-electron chi connectivity index (χ4n) is 1.55. The second-order valence-electron chi connectivity index (χ2n) is 4.69. The number of nitrogens with one attached hydrogen (secondary N) is 2. The maximum Gasteiger partial charge on any atom is 0.191 e. The number of hydrogen-bond acceptors (Lipinski definition) is 5. The number of rotatable bonds is 9. The highest BCUT2D eigenvalue weighted by Crippen LogP contribution is 1.95. The van der Waals surface area contributed by atoms with Crippen molar-refractivity contribution in [2.45, 2.75) is 13.5 Å². The highest BCUT2D eigenvalue weighted by atomic mass is 32.2. The summed E-state index contributed by atoms with van der Waals surface area (Å²) in [6.45, 7) is 4.41. The molecule has 1 rings (SSSR count). The number of aromatic nitrogens is 1. The zero-order valence-electron chi connectivity index (χ0n) is 13.1. The normalized spacial score (nSPS) is 12.2. The lowest BCUT2D eigenvalue weighted by Gasteiger charge is -2.11. The first-order valence-corrected chi connectivity index (χ1v) is 9.25. The average molecular weight is 328 g/mol. The summed E-state index contributed by atoms with van der Waals surface area (Å²) in [7, 11) is -2.96. The van der Waals surface area contributed by atoms with Crippen LogP contribution in [0.2, 0.25) is 0 Å². The summed E-state index contributed by atoms with van der Waals surface area (Å²) in [6.07, 6.45) is 2.93. The van der Waals surface area contributed by atoms with E-state index in [1.165, 1.54) is 6.26 Å². The van der Waals surface area contributed by atoms with Crippen LogP contribution in [-0.2, 0) is 21.1 Å². The van der Waals surface area contributed by atoms with Gasteiger partial charge in [-0.2, -0.15) is 0 Å². The monoisotopic (exact) mass is 328 g/mol. The third-order valence-electron chi connectivity index (χ3n) is 2.61. The fourth-order valence-corrected chi connectivity index (χ4v) is 1.97. The molecule has 0 saturated carbocycles. The highest BCUT2D eigenvalue weighted by molar-refractivity contribution is 7.90. The number of ether oxygens (including phenoxy) is 1. The largest absolute Gasteiger partial charge is 0.379 e. The number of nitrogens with zero attached hydrogens (tertiary/aromatic N) is 2. The van der Waals surface area contributed by atoms with Gasteiger partial charge in [-0.3, -0.25) is 4.98 Å². The Labute approximate surface area is 132 Å². The third-order valence-corrected chi connectivity index (χ3v) is 3.52. The number of sulfone groups is 1. The second-order valence-corrected chi connectivity index (χ2v) is 6.95. The van der Waals surface area contributed by atoms with Crippen LogP contribution in [-0.4, -0.2) is 57.7 Å². The van der Waals surface area contributed by atoms with Gasteiger partial charge >= 0.3 is 0 Å². The van der Waals surface area contributed by atoms with Gasteiger partial charge in [-0.05, 0) is 19.1 Å². The van der Waals surface area contributed by atoms with Crippen molar-refractivity contribution in [3.63, 3.8) is 0 Å². The van der Waals surface area contributed by atoms with E-state index in [2.05, 4.69) is 20.6 Å². The maximum absolute atomic E-state index is 10.9. The van der Waals surface area contributed by atoms with Crippen LogP contribution in [0.15, 0.2) is 29.4 Å². The van der Waals surface area contributed by atoms with E-state index in [1.54, 1.807) is 6.20 Å². The van der Waals surface area contributed by atoms with E-state index in [0.717, 1.165) is 12.2 Å². The summed E-state index contributed by atoms with van der Waals surface area (Å²) in [5.41, 5.74) is 0.893. The summed E-state index contributed by atoms with van der Waals surface area (Å²) in [5, 5.41) is 6.25. The molecule has 1 aromatic rings. The molecule has 0 radical (unpaired) electrons. The minimum atomic E-state index is -2.96. The Morgan fingerprint density at radius 2 is 2.14 bits per heavy atom. The Morgan fingerprint density at radius 3 is 2.77 bits per heavy atom. The SMILES string of the molecule is CCNC(=NCc1ccccn1)NCCOCCS(C)(=O)=O. The number of pyridine rings is 1. The molecule has 22 heavy (non-hydrogen) atoms. The van der Waals surface area contributed by atoms with Gasteiger partial charge in [0.15, 0.2) is 5.96 Å². The van der Waals surface area contributed by atoms with Gasteiger partial charge in [-0.25, -0.2) is 13.4 Å². The highest BCUT2D eigenvalue weighted by Gasteiger charge is 2.01. The van der Waals surface area contributed by atoms with Gasteiger partial charge in [0.25, 0.3) is 0 Å². The minimum absolute atomic E-state index is 0.0425. The smallest absolute Gasteiger partial charge is 0.191 e. The summed E-state index contributed by atoms with van der Waals surface area (Å²) in [4.78, 5) is 8.63. The Bertz CT molecular complexity index is 546. The van der Waals surface area contributed by atoms with Gasteiger partial charge in [-0.1, -0.05) is 6.07 Å². The maximum atomic E-state index is 10.9. The quantitative estimate of drug-likeness (QED) is 0.382. The first kappa shape index (κ1) is 18.4. The first-order chi connectivity index (χ1) is 10.5. The molecule has 124 valence electrons. The van der Waals surface area contributed by atoms with Crippen molar-refractivity contribution in [3.05, 3.63) is 30.1 Å². The summed E-state index contributed by atoms with van der Waals surface area (Å²) in [5.74, 6) is 0.723. The van der Waals surface area contributed by atoms with Gasteiger partial charge in [0.05, 0.1) is 31.2 Å². The van der Waals surface area contributed by atoms with E-state index in [9.17, 15) is 8.42 Å². The number of hydrogen-bond donors (Lipinski definition) is 2. The lowest BCUT2D eigenvalue weighted by molar-refractivity contribution is 0.154. The second kappa shape index (κ2) is 10.1. The summed E-state index contributed by atoms with van der Waals surface area (Å²) in [6, 6.07) is 5.71. The van der Waals surface area contributed by atoms with E-state index in [-0.39, 0.29) is 12.4 Å². The number of aliphatic imine (C=N–C) groups is 1. The van der Waals surface area contributed by atoms with Gasteiger partial charge < -0.3 is 15.4 Å². The molecule has 0 saturated heterocycles. The van der Waals surface area contributed by atoms with Crippen LogP contribution < -0.4 is 10.6 Å². The molecule has 0 aromatic carbocycles. The van der Waals surface area contributed by atoms with Crippen molar-refractivity contribution in [2.75, 3.05) is 38.3 Å². The Hall–Kier alpha value is -1.67. The zero-order valence-corrected chi connectivity index (χ0v) is 13.9. The van der Waals surface area contributed by atoms with E-state index >= 15 is 0 Å². The van der Waals surface area contributed by atoms with Crippen molar-refractivity contribution < 1.29 is 13.2 Å². The fraction of sp³-hybridized carbons (Fsp3) is 0.571. The van der Waals surface area contributed by atoms with Crippen LogP contribution in [0.1, 0.15) is 12.6 Å². The van der Waals surface area contributed by atoms with Crippen LogP contribution >= 0.6 is 0 Å². The van der Waals surface area contributed by atoms with E-state index < -0.39 is 9.84 Å². The summed E-state index contributed by atoms with van der Waals surface area (Å²) >= 11 is 0. The van der Waals surface area contributed by atoms with Crippen LogP contribution in [0.3, 0.4) is 0 Å². The molecule has 0 fully saturated rings. The van der Waals surface area contributed by atoms with Crippen molar-refractivity contribution in [2.24, 2.45) is 4.99 Å². The lowest BCUT2D eigenvalue weighted by Crippen LogP contribution is -2.39. The first-order valence-electron chi connectivity index (χ1n) is 7.19. The van der Waals surface area contributed by atoms with E-state index in [1.807, 2.05) is 25.1 Å². The lowest BCUT2D eigenvalue weighted by atomic mass is 10.3. The Morgan fingerprint density at radius 1 is 1.32 bits per heavy atom. The summed E-state index contributed by atoms with van der Waals surface area (Å²) < 4.78 is 27.2. The van der Waals surface area contributed by atoms with E-state index in [4.69, 9.17) is 4.74 Å². The molecule has 0 aliphatic carbocycles. The van der Waals surface area contributed by atoms with Crippen molar-refractivity contribution >= 4 is 15.8 Å². The Balaban J connectivity index is 2.29. The van der Waals surface area contributed by atoms with Crippen molar-refractivity contribution in [1.29, 1.82) is 0 Å². The molecule has 2 N–H and O–H groups in total. The standard InChI is InChI=1S/C14H24N4O3S/c1-3-15-14(18-12-13-6-4-5-7-16-13)17-8-9-21-10-11-22(2,19)20/h4-7H,3,8-12H2,1-2H3,(H2,15,17,18). The predicted molar refractivity (Wildman–Crippen MR) is 87.6 cm³/mol. The molecule has 1 heterocycles. The van der Waals surface area contributed by atoms with Gasteiger partial charge in [-0.15, -0.1) is 0 Å². The molecule has 1 aromatic heterocycles. The van der Waals surface area contributed by atoms with Crippen molar-refractivity contribution in [1.82, 2.24) is 15.6 Å². The predicted octanol–water partition coefficient (Wildman–Crippen LogP) is 0.198.